The second kappa shape index (κ2) is 5.49. The molecule has 96 valence electrons. The number of hydrogen-bond acceptors (Lipinski definition) is 4. The summed E-state index contributed by atoms with van der Waals surface area (Å²) in [4.78, 5) is 35.9. The summed E-state index contributed by atoms with van der Waals surface area (Å²) in [6, 6.07) is 1.38. The van der Waals surface area contributed by atoms with E-state index in [-0.39, 0.29) is 24.9 Å². The van der Waals surface area contributed by atoms with Gasteiger partial charge in [-0.25, -0.2) is 4.79 Å². The van der Waals surface area contributed by atoms with Crippen LogP contribution < -0.4 is 10.6 Å². The monoisotopic (exact) mass is 331 g/mol. The van der Waals surface area contributed by atoms with E-state index < -0.39 is 6.03 Å². The second-order valence-electron chi connectivity index (χ2n) is 3.65. The van der Waals surface area contributed by atoms with Gasteiger partial charge in [0.1, 0.15) is 6.54 Å². The molecule has 0 aromatic carbocycles. The summed E-state index contributed by atoms with van der Waals surface area (Å²) in [7, 11) is 0. The van der Waals surface area contributed by atoms with Gasteiger partial charge in [0, 0.05) is 14.7 Å². The van der Waals surface area contributed by atoms with Crippen LogP contribution in [0.5, 0.6) is 0 Å². The number of nitrogens with zero attached hydrogens (tertiary/aromatic N) is 1. The molecule has 2 N–H and O–H groups in total. The fourth-order valence-electron chi connectivity index (χ4n) is 1.45. The number of amides is 4. The fourth-order valence-corrected chi connectivity index (χ4v) is 2.84. The highest BCUT2D eigenvalue weighted by Crippen LogP contribution is 2.19. The number of nitrogens with one attached hydrogen (secondary N) is 2. The molecule has 4 amide bonds. The minimum absolute atomic E-state index is 0.0377. The minimum atomic E-state index is -0.519. The third-order valence-corrected chi connectivity index (χ3v) is 4.02. The first-order valence-electron chi connectivity index (χ1n) is 5.14. The summed E-state index contributed by atoms with van der Waals surface area (Å²) in [5.74, 6) is -0.737. The third-order valence-electron chi connectivity index (χ3n) is 2.32. The summed E-state index contributed by atoms with van der Waals surface area (Å²) in [5.41, 5.74) is 0. The van der Waals surface area contributed by atoms with E-state index in [0.29, 0.717) is 6.54 Å². The van der Waals surface area contributed by atoms with Crippen molar-refractivity contribution in [1.82, 2.24) is 15.5 Å². The molecule has 0 saturated carbocycles. The summed E-state index contributed by atoms with van der Waals surface area (Å²) < 4.78 is 0.964. The van der Waals surface area contributed by atoms with E-state index in [2.05, 4.69) is 26.6 Å². The second-order valence-corrected chi connectivity index (χ2v) is 5.56. The van der Waals surface area contributed by atoms with Gasteiger partial charge in [0.15, 0.2) is 0 Å². The Balaban J connectivity index is 1.82. The summed E-state index contributed by atoms with van der Waals surface area (Å²) >= 11 is 4.83. The first-order chi connectivity index (χ1) is 8.56. The van der Waals surface area contributed by atoms with Gasteiger partial charge in [0.25, 0.3) is 5.91 Å². The number of halogens is 1. The van der Waals surface area contributed by atoms with Gasteiger partial charge >= 0.3 is 6.03 Å². The van der Waals surface area contributed by atoms with Crippen LogP contribution in [-0.4, -0.2) is 35.8 Å². The van der Waals surface area contributed by atoms with Crippen LogP contribution in [0.3, 0.4) is 0 Å². The Morgan fingerprint density at radius 1 is 1.56 bits per heavy atom. The standard InChI is InChI=1S/C10H10BrN3O3S/c11-6-1-7(18-5-6)2-12-8(15)4-14-9(16)3-13-10(14)17/h1,5H,2-4H2,(H,12,15)(H,13,17). The van der Waals surface area contributed by atoms with Gasteiger partial charge in [0.05, 0.1) is 13.1 Å². The molecule has 1 aromatic heterocycles. The topological polar surface area (TPSA) is 78.5 Å². The molecule has 1 saturated heterocycles. The molecule has 18 heavy (non-hydrogen) atoms. The summed E-state index contributed by atoms with van der Waals surface area (Å²) in [6.45, 7) is 0.111. The Morgan fingerprint density at radius 3 is 2.89 bits per heavy atom. The number of urea groups is 1. The van der Waals surface area contributed by atoms with Crippen LogP contribution in [0.1, 0.15) is 4.88 Å². The lowest BCUT2D eigenvalue weighted by Crippen LogP contribution is -2.40. The Morgan fingerprint density at radius 2 is 2.33 bits per heavy atom. The van der Waals surface area contributed by atoms with E-state index in [1.807, 2.05) is 11.4 Å². The molecular formula is C10H10BrN3O3S. The predicted molar refractivity (Wildman–Crippen MR) is 69.0 cm³/mol. The lowest BCUT2D eigenvalue weighted by Gasteiger charge is -2.11. The molecule has 0 spiro atoms. The quantitative estimate of drug-likeness (QED) is 0.796. The smallest absolute Gasteiger partial charge is 0.325 e. The molecular weight excluding hydrogens is 322 g/mol. The van der Waals surface area contributed by atoms with Gasteiger partial charge < -0.3 is 10.6 Å². The number of rotatable bonds is 4. The Hall–Kier alpha value is -1.41. The summed E-state index contributed by atoms with van der Waals surface area (Å²) in [5, 5.41) is 6.93. The highest BCUT2D eigenvalue weighted by atomic mass is 79.9. The van der Waals surface area contributed by atoms with Crippen molar-refractivity contribution in [3.05, 3.63) is 20.8 Å². The van der Waals surface area contributed by atoms with Crippen molar-refractivity contribution in [3.63, 3.8) is 0 Å². The first-order valence-corrected chi connectivity index (χ1v) is 6.81. The van der Waals surface area contributed by atoms with Gasteiger partial charge in [-0.1, -0.05) is 0 Å². The molecule has 1 aromatic rings. The average Bonchev–Trinajstić information content (AvgIpc) is 2.87. The van der Waals surface area contributed by atoms with Crippen LogP contribution in [0.4, 0.5) is 4.79 Å². The normalized spacial score (nSPS) is 14.8. The zero-order valence-electron chi connectivity index (χ0n) is 9.23. The number of carbonyl (C=O) groups is 3. The van der Waals surface area contributed by atoms with Crippen LogP contribution in [0.25, 0.3) is 0 Å². The predicted octanol–water partition coefficient (Wildman–Crippen LogP) is 0.679. The molecule has 0 radical (unpaired) electrons. The molecule has 1 aliphatic heterocycles. The van der Waals surface area contributed by atoms with Crippen molar-refractivity contribution in [2.75, 3.05) is 13.1 Å². The summed E-state index contributed by atoms with van der Waals surface area (Å²) in [6.07, 6.45) is 0. The van der Waals surface area contributed by atoms with E-state index in [1.165, 1.54) is 11.3 Å². The number of thiophene rings is 1. The highest BCUT2D eigenvalue weighted by Gasteiger charge is 2.29. The fraction of sp³-hybridized carbons (Fsp3) is 0.300. The SMILES string of the molecule is O=C(CN1C(=O)CNC1=O)NCc1cc(Br)cs1. The zero-order chi connectivity index (χ0) is 13.1. The van der Waals surface area contributed by atoms with Gasteiger partial charge in [0.2, 0.25) is 5.91 Å². The number of carbonyl (C=O) groups excluding carboxylic acids is 3. The maximum Gasteiger partial charge on any atom is 0.325 e. The number of imide groups is 1. The molecule has 8 heteroatoms. The van der Waals surface area contributed by atoms with Crippen molar-refractivity contribution in [1.29, 1.82) is 0 Å². The van der Waals surface area contributed by atoms with Crippen molar-refractivity contribution in [2.45, 2.75) is 6.54 Å². The van der Waals surface area contributed by atoms with Crippen molar-refractivity contribution >= 4 is 45.1 Å². The minimum Gasteiger partial charge on any atom is -0.350 e. The lowest BCUT2D eigenvalue weighted by molar-refractivity contribution is -0.130. The molecule has 2 heterocycles. The van der Waals surface area contributed by atoms with Gasteiger partial charge in [-0.2, -0.15) is 0 Å². The average molecular weight is 332 g/mol. The van der Waals surface area contributed by atoms with Crippen molar-refractivity contribution in [3.8, 4) is 0 Å². The van der Waals surface area contributed by atoms with Crippen LogP contribution in [0.2, 0.25) is 0 Å². The molecule has 1 aliphatic rings. The first kappa shape index (κ1) is 13.0. The van der Waals surface area contributed by atoms with E-state index in [0.717, 1.165) is 14.2 Å². The lowest BCUT2D eigenvalue weighted by atomic mass is 10.4. The van der Waals surface area contributed by atoms with Gasteiger partial charge in [-0.05, 0) is 22.0 Å². The Kier molecular flexibility index (Phi) is 3.97. The third kappa shape index (κ3) is 3.08. The largest absolute Gasteiger partial charge is 0.350 e. The number of hydrogen-bond donors (Lipinski definition) is 2. The van der Waals surface area contributed by atoms with Crippen LogP contribution in [-0.2, 0) is 16.1 Å². The Bertz CT molecular complexity index is 486. The van der Waals surface area contributed by atoms with Crippen molar-refractivity contribution in [2.24, 2.45) is 0 Å². The van der Waals surface area contributed by atoms with Crippen LogP contribution in [0, 0.1) is 0 Å². The maximum absolute atomic E-state index is 11.6. The molecule has 0 bridgehead atoms. The molecule has 6 nitrogen and oxygen atoms in total. The van der Waals surface area contributed by atoms with Crippen molar-refractivity contribution < 1.29 is 14.4 Å². The van der Waals surface area contributed by atoms with E-state index in [4.69, 9.17) is 0 Å². The molecule has 0 aliphatic carbocycles. The van der Waals surface area contributed by atoms with Crippen LogP contribution in [0.15, 0.2) is 15.9 Å². The Labute approximate surface area is 115 Å². The molecule has 0 atom stereocenters. The van der Waals surface area contributed by atoms with Gasteiger partial charge in [-0.3, -0.25) is 14.5 Å². The van der Waals surface area contributed by atoms with E-state index in [1.54, 1.807) is 0 Å². The zero-order valence-corrected chi connectivity index (χ0v) is 11.6. The maximum atomic E-state index is 11.6. The molecule has 2 rings (SSSR count). The molecule has 0 unspecified atom stereocenters. The van der Waals surface area contributed by atoms with Gasteiger partial charge in [-0.15, -0.1) is 11.3 Å². The van der Waals surface area contributed by atoms with Crippen LogP contribution >= 0.6 is 27.3 Å². The van der Waals surface area contributed by atoms with E-state index in [9.17, 15) is 14.4 Å². The molecule has 1 fully saturated rings. The highest BCUT2D eigenvalue weighted by molar-refractivity contribution is 9.10. The van der Waals surface area contributed by atoms with E-state index >= 15 is 0 Å².